The predicted molar refractivity (Wildman–Crippen MR) is 97.6 cm³/mol. The van der Waals surface area contributed by atoms with Crippen LogP contribution < -0.4 is 5.73 Å². The fraction of sp³-hybridized carbons (Fsp3) is 0.250. The van der Waals surface area contributed by atoms with Gasteiger partial charge in [0.15, 0.2) is 0 Å². The minimum atomic E-state index is 0.0981. The topological polar surface area (TPSA) is 38.9 Å². The zero-order valence-electron chi connectivity index (χ0n) is 13.1. The zero-order valence-corrected chi connectivity index (χ0v) is 14.0. The van der Waals surface area contributed by atoms with Crippen LogP contribution >= 0.6 is 11.5 Å². The lowest BCUT2D eigenvalue weighted by molar-refractivity contribution is 0.562. The average molecular weight is 322 g/mol. The molecule has 0 radical (unpaired) electrons. The SMILES string of the molecule is NC(CCCC(c1ccccc1)c1ccccc1)c1cnsc1. The molecule has 2 N–H and O–H groups in total. The van der Waals surface area contributed by atoms with Crippen LogP contribution in [0.15, 0.2) is 72.2 Å². The first-order chi connectivity index (χ1) is 11.3. The molecule has 1 unspecified atom stereocenters. The quantitative estimate of drug-likeness (QED) is 0.653. The van der Waals surface area contributed by atoms with Crippen molar-refractivity contribution in [3.05, 3.63) is 88.9 Å². The van der Waals surface area contributed by atoms with E-state index >= 15 is 0 Å². The van der Waals surface area contributed by atoms with Gasteiger partial charge in [-0.25, -0.2) is 4.37 Å². The molecule has 3 rings (SSSR count). The first-order valence-corrected chi connectivity index (χ1v) is 8.93. The van der Waals surface area contributed by atoms with Gasteiger partial charge in [0.2, 0.25) is 0 Å². The maximum atomic E-state index is 6.27. The summed E-state index contributed by atoms with van der Waals surface area (Å²) >= 11 is 1.47. The third-order valence-corrected chi connectivity index (χ3v) is 4.90. The molecule has 0 aliphatic rings. The number of hydrogen-bond acceptors (Lipinski definition) is 3. The van der Waals surface area contributed by atoms with Gasteiger partial charge in [-0.1, -0.05) is 67.1 Å². The molecule has 118 valence electrons. The first-order valence-electron chi connectivity index (χ1n) is 8.09. The van der Waals surface area contributed by atoms with E-state index in [1.54, 1.807) is 0 Å². The van der Waals surface area contributed by atoms with E-state index < -0.39 is 0 Å². The molecule has 0 aliphatic carbocycles. The Labute approximate surface area is 142 Å². The highest BCUT2D eigenvalue weighted by molar-refractivity contribution is 7.03. The fourth-order valence-electron chi connectivity index (χ4n) is 3.00. The normalized spacial score (nSPS) is 12.4. The second kappa shape index (κ2) is 8.04. The van der Waals surface area contributed by atoms with Crippen molar-refractivity contribution in [1.82, 2.24) is 4.37 Å². The molecule has 0 amide bonds. The molecule has 1 heterocycles. The number of nitrogens with zero attached hydrogens (tertiary/aromatic N) is 1. The molecular formula is C20H22N2S. The lowest BCUT2D eigenvalue weighted by Crippen LogP contribution is -2.10. The molecule has 3 heteroatoms. The van der Waals surface area contributed by atoms with Crippen LogP contribution in [-0.2, 0) is 0 Å². The van der Waals surface area contributed by atoms with Crippen LogP contribution in [0.4, 0.5) is 0 Å². The van der Waals surface area contributed by atoms with Crippen molar-refractivity contribution in [3.8, 4) is 0 Å². The highest BCUT2D eigenvalue weighted by atomic mass is 32.1. The van der Waals surface area contributed by atoms with Gasteiger partial charge in [0.1, 0.15) is 0 Å². The number of aromatic nitrogens is 1. The van der Waals surface area contributed by atoms with Crippen LogP contribution in [0.1, 0.15) is 47.9 Å². The van der Waals surface area contributed by atoms with Crippen molar-refractivity contribution >= 4 is 11.5 Å². The largest absolute Gasteiger partial charge is 0.324 e. The number of rotatable bonds is 7. The van der Waals surface area contributed by atoms with Gasteiger partial charge >= 0.3 is 0 Å². The summed E-state index contributed by atoms with van der Waals surface area (Å²) in [5, 5.41) is 2.05. The molecule has 0 fully saturated rings. The summed E-state index contributed by atoms with van der Waals surface area (Å²) in [6, 6.07) is 21.6. The Bertz CT molecular complexity index is 641. The number of nitrogens with two attached hydrogens (primary N) is 1. The van der Waals surface area contributed by atoms with Crippen molar-refractivity contribution < 1.29 is 0 Å². The van der Waals surface area contributed by atoms with Gasteiger partial charge in [0.05, 0.1) is 0 Å². The summed E-state index contributed by atoms with van der Waals surface area (Å²) in [6.45, 7) is 0. The van der Waals surface area contributed by atoms with Crippen LogP contribution in [-0.4, -0.2) is 4.37 Å². The van der Waals surface area contributed by atoms with Crippen LogP contribution in [0, 0.1) is 0 Å². The Kier molecular flexibility index (Phi) is 5.56. The minimum Gasteiger partial charge on any atom is -0.324 e. The minimum absolute atomic E-state index is 0.0981. The summed E-state index contributed by atoms with van der Waals surface area (Å²) in [4.78, 5) is 0. The van der Waals surface area contributed by atoms with Crippen LogP contribution in [0.3, 0.4) is 0 Å². The second-order valence-electron chi connectivity index (χ2n) is 5.87. The Balaban J connectivity index is 1.67. The molecule has 2 nitrogen and oxygen atoms in total. The van der Waals surface area contributed by atoms with Crippen molar-refractivity contribution in [1.29, 1.82) is 0 Å². The lowest BCUT2D eigenvalue weighted by atomic mass is 9.86. The maximum absolute atomic E-state index is 6.27. The number of hydrogen-bond donors (Lipinski definition) is 1. The highest BCUT2D eigenvalue weighted by Crippen LogP contribution is 2.30. The van der Waals surface area contributed by atoms with Crippen molar-refractivity contribution in [2.45, 2.75) is 31.2 Å². The van der Waals surface area contributed by atoms with Crippen molar-refractivity contribution in [2.24, 2.45) is 5.73 Å². The highest BCUT2D eigenvalue weighted by Gasteiger charge is 2.15. The third kappa shape index (κ3) is 4.27. The van der Waals surface area contributed by atoms with Gasteiger partial charge in [-0.15, -0.1) is 0 Å². The summed E-state index contributed by atoms with van der Waals surface area (Å²) in [5.41, 5.74) is 10.2. The van der Waals surface area contributed by atoms with Crippen LogP contribution in [0.25, 0.3) is 0 Å². The molecule has 1 aromatic heterocycles. The van der Waals surface area contributed by atoms with Gasteiger partial charge < -0.3 is 5.73 Å². The monoisotopic (exact) mass is 322 g/mol. The molecule has 0 saturated carbocycles. The molecule has 23 heavy (non-hydrogen) atoms. The molecule has 3 aromatic rings. The maximum Gasteiger partial charge on any atom is 0.0454 e. The Hall–Kier alpha value is -1.97. The van der Waals surface area contributed by atoms with E-state index in [-0.39, 0.29) is 6.04 Å². The molecular weight excluding hydrogens is 300 g/mol. The van der Waals surface area contributed by atoms with Gasteiger partial charge in [-0.2, -0.15) is 0 Å². The van der Waals surface area contributed by atoms with Crippen molar-refractivity contribution in [3.63, 3.8) is 0 Å². The van der Waals surface area contributed by atoms with Crippen LogP contribution in [0.2, 0.25) is 0 Å². The van der Waals surface area contributed by atoms with Crippen LogP contribution in [0.5, 0.6) is 0 Å². The first kappa shape index (κ1) is 15.9. The zero-order chi connectivity index (χ0) is 15.9. The Morgan fingerprint density at radius 3 is 1.96 bits per heavy atom. The smallest absolute Gasteiger partial charge is 0.0454 e. The van der Waals surface area contributed by atoms with E-state index in [1.807, 2.05) is 6.20 Å². The fourth-order valence-corrected chi connectivity index (χ4v) is 3.60. The second-order valence-corrected chi connectivity index (χ2v) is 6.53. The predicted octanol–water partition coefficient (Wildman–Crippen LogP) is 5.15. The Morgan fingerprint density at radius 1 is 0.826 bits per heavy atom. The van der Waals surface area contributed by atoms with E-state index in [2.05, 4.69) is 70.4 Å². The number of benzene rings is 2. The van der Waals surface area contributed by atoms with E-state index in [1.165, 1.54) is 22.7 Å². The van der Waals surface area contributed by atoms with E-state index in [0.29, 0.717) is 5.92 Å². The van der Waals surface area contributed by atoms with Gasteiger partial charge in [0.25, 0.3) is 0 Å². The standard InChI is InChI=1S/C20H22N2S/c21-20(18-14-22-23-15-18)13-7-12-19(16-8-3-1-4-9-16)17-10-5-2-6-11-17/h1-6,8-11,14-15,19-20H,7,12-13,21H2. The lowest BCUT2D eigenvalue weighted by Gasteiger charge is -2.19. The third-order valence-electron chi connectivity index (χ3n) is 4.29. The molecule has 1 atom stereocenters. The molecule has 2 aromatic carbocycles. The van der Waals surface area contributed by atoms with Gasteiger partial charge in [-0.05, 0) is 41.1 Å². The Morgan fingerprint density at radius 2 is 1.43 bits per heavy atom. The summed E-state index contributed by atoms with van der Waals surface area (Å²) < 4.78 is 4.14. The molecule has 0 bridgehead atoms. The van der Waals surface area contributed by atoms with E-state index in [4.69, 9.17) is 5.73 Å². The average Bonchev–Trinajstić information content (AvgIpc) is 3.15. The van der Waals surface area contributed by atoms with E-state index in [0.717, 1.165) is 24.8 Å². The summed E-state index contributed by atoms with van der Waals surface area (Å²) in [5.74, 6) is 0.435. The molecule has 0 aliphatic heterocycles. The molecule has 0 spiro atoms. The summed E-state index contributed by atoms with van der Waals surface area (Å²) in [6.07, 6.45) is 5.10. The molecule has 0 saturated heterocycles. The van der Waals surface area contributed by atoms with E-state index in [9.17, 15) is 0 Å². The van der Waals surface area contributed by atoms with Gasteiger partial charge in [0, 0.05) is 23.5 Å². The van der Waals surface area contributed by atoms with Crippen molar-refractivity contribution in [2.75, 3.05) is 0 Å². The van der Waals surface area contributed by atoms with Gasteiger partial charge in [-0.3, -0.25) is 0 Å². The summed E-state index contributed by atoms with van der Waals surface area (Å²) in [7, 11) is 0.